The molecule has 0 saturated carbocycles. The minimum absolute atomic E-state index is 0.0342. The van der Waals surface area contributed by atoms with Crippen molar-refractivity contribution in [3.05, 3.63) is 58.6 Å². The van der Waals surface area contributed by atoms with Crippen LogP contribution in [-0.4, -0.2) is 28.2 Å². The predicted octanol–water partition coefficient (Wildman–Crippen LogP) is 4.34. The maximum atomic E-state index is 12.4. The van der Waals surface area contributed by atoms with E-state index >= 15 is 0 Å². The molecule has 0 aliphatic rings. The fourth-order valence-corrected chi connectivity index (χ4v) is 2.54. The van der Waals surface area contributed by atoms with Crippen molar-refractivity contribution in [1.29, 1.82) is 0 Å². The van der Waals surface area contributed by atoms with E-state index in [2.05, 4.69) is 10.6 Å². The Kier molecular flexibility index (Phi) is 7.15. The van der Waals surface area contributed by atoms with Crippen LogP contribution in [0.2, 0.25) is 5.02 Å². The smallest absolute Gasteiger partial charge is 0.337 e. The zero-order valence-electron chi connectivity index (χ0n) is 14.8. The number of rotatable bonds is 6. The number of thiocarbonyl (C=S) groups is 1. The number of aromatic carboxylic acids is 1. The van der Waals surface area contributed by atoms with Crippen LogP contribution >= 0.6 is 23.8 Å². The quantitative estimate of drug-likeness (QED) is 0.618. The SMILES string of the molecule is CC[C@H](C)Oc1cccc(C(=O)NC(=S)Nc2ccc(Cl)c(C(=O)O)c2)c1. The molecule has 8 heteroatoms. The van der Waals surface area contributed by atoms with Crippen LogP contribution in [0.3, 0.4) is 0 Å². The zero-order chi connectivity index (χ0) is 20.0. The monoisotopic (exact) mass is 406 g/mol. The van der Waals surface area contributed by atoms with E-state index in [-0.39, 0.29) is 21.8 Å². The standard InChI is InChI=1S/C19H19ClN2O4S/c1-3-11(2)26-14-6-4-5-12(9-14)17(23)22-19(27)21-13-7-8-16(20)15(10-13)18(24)25/h4-11H,3H2,1-2H3,(H,24,25)(H2,21,22,23,27)/t11-/m0/s1. The van der Waals surface area contributed by atoms with Crippen LogP contribution in [0.1, 0.15) is 41.0 Å². The third-order valence-electron chi connectivity index (χ3n) is 3.69. The first-order valence-electron chi connectivity index (χ1n) is 8.22. The number of carboxylic acids is 1. The fourth-order valence-electron chi connectivity index (χ4n) is 2.13. The number of carbonyl (C=O) groups is 2. The lowest BCUT2D eigenvalue weighted by Crippen LogP contribution is -2.34. The van der Waals surface area contributed by atoms with Gasteiger partial charge >= 0.3 is 5.97 Å². The van der Waals surface area contributed by atoms with Crippen LogP contribution < -0.4 is 15.4 Å². The van der Waals surface area contributed by atoms with E-state index in [1.807, 2.05) is 13.8 Å². The summed E-state index contributed by atoms with van der Waals surface area (Å²) in [6.07, 6.45) is 0.892. The van der Waals surface area contributed by atoms with Gasteiger partial charge in [0.05, 0.1) is 16.7 Å². The van der Waals surface area contributed by atoms with Crippen molar-refractivity contribution in [2.75, 3.05) is 5.32 Å². The van der Waals surface area contributed by atoms with Gasteiger partial charge in [-0.15, -0.1) is 0 Å². The number of hydrogen-bond acceptors (Lipinski definition) is 4. The maximum Gasteiger partial charge on any atom is 0.337 e. The molecule has 0 unspecified atom stereocenters. The van der Waals surface area contributed by atoms with E-state index in [0.717, 1.165) is 6.42 Å². The van der Waals surface area contributed by atoms with E-state index in [1.54, 1.807) is 30.3 Å². The van der Waals surface area contributed by atoms with Crippen molar-refractivity contribution in [2.24, 2.45) is 0 Å². The molecule has 0 radical (unpaired) electrons. The minimum atomic E-state index is -1.16. The first kappa shape index (κ1) is 20.7. The van der Waals surface area contributed by atoms with E-state index in [1.165, 1.54) is 12.1 Å². The highest BCUT2D eigenvalue weighted by Crippen LogP contribution is 2.21. The molecule has 142 valence electrons. The van der Waals surface area contributed by atoms with E-state index in [9.17, 15) is 9.59 Å². The molecular formula is C19H19ClN2O4S. The van der Waals surface area contributed by atoms with Crippen LogP contribution in [0.25, 0.3) is 0 Å². The van der Waals surface area contributed by atoms with Gasteiger partial charge < -0.3 is 15.2 Å². The fraction of sp³-hybridized carbons (Fsp3) is 0.211. The highest BCUT2D eigenvalue weighted by Gasteiger charge is 2.12. The van der Waals surface area contributed by atoms with Gasteiger partial charge in [0.15, 0.2) is 5.11 Å². The summed E-state index contributed by atoms with van der Waals surface area (Å²) in [4.78, 5) is 23.5. The molecule has 0 aliphatic heterocycles. The Hall–Kier alpha value is -2.64. The Balaban J connectivity index is 2.04. The summed E-state index contributed by atoms with van der Waals surface area (Å²) >= 11 is 11.0. The Labute approximate surface area is 167 Å². The number of halogens is 1. The molecule has 0 heterocycles. The Morgan fingerprint density at radius 2 is 2.00 bits per heavy atom. The van der Waals surface area contributed by atoms with Gasteiger partial charge in [-0.05, 0) is 62.0 Å². The lowest BCUT2D eigenvalue weighted by atomic mass is 10.2. The highest BCUT2D eigenvalue weighted by atomic mass is 35.5. The number of nitrogens with one attached hydrogen (secondary N) is 2. The van der Waals surface area contributed by atoms with Crippen molar-refractivity contribution in [1.82, 2.24) is 5.32 Å². The lowest BCUT2D eigenvalue weighted by molar-refractivity contribution is 0.0697. The second-order valence-electron chi connectivity index (χ2n) is 5.77. The highest BCUT2D eigenvalue weighted by molar-refractivity contribution is 7.80. The number of amides is 1. The summed E-state index contributed by atoms with van der Waals surface area (Å²) in [6, 6.07) is 11.1. The van der Waals surface area contributed by atoms with E-state index < -0.39 is 11.9 Å². The molecule has 6 nitrogen and oxygen atoms in total. The van der Waals surface area contributed by atoms with E-state index in [4.69, 9.17) is 33.7 Å². The van der Waals surface area contributed by atoms with Crippen LogP contribution in [0.15, 0.2) is 42.5 Å². The van der Waals surface area contributed by atoms with Gasteiger partial charge in [0.25, 0.3) is 5.91 Å². The number of hydrogen-bond donors (Lipinski definition) is 3. The van der Waals surface area contributed by atoms with Crippen molar-refractivity contribution in [3.63, 3.8) is 0 Å². The lowest BCUT2D eigenvalue weighted by Gasteiger charge is -2.14. The summed E-state index contributed by atoms with van der Waals surface area (Å²) < 4.78 is 5.71. The first-order chi connectivity index (χ1) is 12.8. The summed E-state index contributed by atoms with van der Waals surface area (Å²) in [7, 11) is 0. The minimum Gasteiger partial charge on any atom is -0.491 e. The van der Waals surface area contributed by atoms with Gasteiger partial charge in [-0.25, -0.2) is 4.79 Å². The van der Waals surface area contributed by atoms with Crippen molar-refractivity contribution < 1.29 is 19.4 Å². The Bertz CT molecular complexity index is 873. The van der Waals surface area contributed by atoms with Crippen molar-refractivity contribution in [2.45, 2.75) is 26.4 Å². The topological polar surface area (TPSA) is 87.7 Å². The molecule has 2 rings (SSSR count). The van der Waals surface area contributed by atoms with Gasteiger partial charge in [-0.1, -0.05) is 24.6 Å². The number of carboxylic acid groups (broad SMARTS) is 1. The third-order valence-corrected chi connectivity index (χ3v) is 4.22. The average molecular weight is 407 g/mol. The van der Waals surface area contributed by atoms with Gasteiger partial charge in [0.1, 0.15) is 5.75 Å². The molecule has 1 atom stereocenters. The number of carbonyl (C=O) groups excluding carboxylic acids is 1. The van der Waals surface area contributed by atoms with E-state index in [0.29, 0.717) is 17.0 Å². The molecule has 0 aliphatic carbocycles. The van der Waals surface area contributed by atoms with Gasteiger partial charge in [-0.3, -0.25) is 10.1 Å². The van der Waals surface area contributed by atoms with Crippen LogP contribution in [0, 0.1) is 0 Å². The summed E-state index contributed by atoms with van der Waals surface area (Å²) in [6.45, 7) is 3.96. The molecule has 0 saturated heterocycles. The molecule has 27 heavy (non-hydrogen) atoms. The Morgan fingerprint density at radius 3 is 2.67 bits per heavy atom. The normalized spacial score (nSPS) is 11.4. The molecule has 0 aromatic heterocycles. The van der Waals surface area contributed by atoms with Crippen LogP contribution in [0.4, 0.5) is 5.69 Å². The van der Waals surface area contributed by atoms with Gasteiger partial charge in [0.2, 0.25) is 0 Å². The van der Waals surface area contributed by atoms with Crippen LogP contribution in [-0.2, 0) is 0 Å². The second kappa shape index (κ2) is 9.34. The molecule has 3 N–H and O–H groups in total. The summed E-state index contributed by atoms with van der Waals surface area (Å²) in [5.41, 5.74) is 0.726. The predicted molar refractivity (Wildman–Crippen MR) is 109 cm³/mol. The molecule has 0 spiro atoms. The molecule has 0 fully saturated rings. The molecule has 2 aromatic carbocycles. The Morgan fingerprint density at radius 1 is 1.26 bits per heavy atom. The first-order valence-corrected chi connectivity index (χ1v) is 9.00. The summed E-state index contributed by atoms with van der Waals surface area (Å²) in [5.74, 6) is -0.967. The van der Waals surface area contributed by atoms with Gasteiger partial charge in [0, 0.05) is 11.3 Å². The molecular weight excluding hydrogens is 388 g/mol. The second-order valence-corrected chi connectivity index (χ2v) is 6.59. The largest absolute Gasteiger partial charge is 0.491 e. The maximum absolute atomic E-state index is 12.4. The third kappa shape index (κ3) is 5.94. The molecule has 2 aromatic rings. The van der Waals surface area contributed by atoms with Gasteiger partial charge in [-0.2, -0.15) is 0 Å². The zero-order valence-corrected chi connectivity index (χ0v) is 16.4. The van der Waals surface area contributed by atoms with Crippen molar-refractivity contribution >= 4 is 46.5 Å². The van der Waals surface area contributed by atoms with Crippen LogP contribution in [0.5, 0.6) is 5.75 Å². The average Bonchev–Trinajstić information content (AvgIpc) is 2.63. The number of ether oxygens (including phenoxy) is 1. The van der Waals surface area contributed by atoms with Crippen molar-refractivity contribution in [3.8, 4) is 5.75 Å². The molecule has 0 bridgehead atoms. The number of benzene rings is 2. The molecule has 1 amide bonds. The summed E-state index contributed by atoms with van der Waals surface area (Å²) in [5, 5.41) is 14.6. The number of anilines is 1.